The van der Waals surface area contributed by atoms with Gasteiger partial charge in [-0.1, -0.05) is 0 Å². The molecule has 0 saturated carbocycles. The van der Waals surface area contributed by atoms with E-state index < -0.39 is 17.8 Å². The van der Waals surface area contributed by atoms with E-state index in [-0.39, 0.29) is 12.1 Å². The van der Waals surface area contributed by atoms with Crippen molar-refractivity contribution in [2.45, 2.75) is 38.4 Å². The molecule has 1 aliphatic carbocycles. The van der Waals surface area contributed by atoms with Gasteiger partial charge in [0.05, 0.1) is 7.11 Å². The number of alkyl halides is 3. The first-order chi connectivity index (χ1) is 11.9. The van der Waals surface area contributed by atoms with Crippen LogP contribution in [0.2, 0.25) is 0 Å². The number of aromatic nitrogens is 2. The maximum Gasteiger partial charge on any atom is 0.435 e. The molecule has 0 aliphatic heterocycles. The molecule has 0 fully saturated rings. The van der Waals surface area contributed by atoms with Crippen molar-refractivity contribution < 1.29 is 22.7 Å². The number of amides is 1. The van der Waals surface area contributed by atoms with Crippen LogP contribution in [-0.4, -0.2) is 22.8 Å². The lowest BCUT2D eigenvalue weighted by Crippen LogP contribution is -2.21. The van der Waals surface area contributed by atoms with Crippen molar-refractivity contribution in [3.8, 4) is 5.75 Å². The van der Waals surface area contributed by atoms with Gasteiger partial charge in [-0.15, -0.1) is 0 Å². The predicted octanol–water partition coefficient (Wildman–Crippen LogP) is 3.43. The molecule has 1 heterocycles. The molecular weight excluding hydrogens is 335 g/mol. The van der Waals surface area contributed by atoms with E-state index in [0.29, 0.717) is 36.4 Å². The smallest absolute Gasteiger partial charge is 0.435 e. The molecule has 0 spiro atoms. The SMILES string of the molecule is COc1ccc(NC(=O)Cn2nc(C(F)(F)F)c3c2CCCC3)cc1. The summed E-state index contributed by atoms with van der Waals surface area (Å²) in [5.74, 6) is 0.226. The summed E-state index contributed by atoms with van der Waals surface area (Å²) < 4.78 is 45.7. The summed E-state index contributed by atoms with van der Waals surface area (Å²) >= 11 is 0. The summed E-state index contributed by atoms with van der Waals surface area (Å²) in [4.78, 5) is 12.2. The van der Waals surface area contributed by atoms with E-state index in [4.69, 9.17) is 4.74 Å². The van der Waals surface area contributed by atoms with Crippen LogP contribution in [0.15, 0.2) is 24.3 Å². The van der Waals surface area contributed by atoms with Crippen LogP contribution in [0.5, 0.6) is 5.75 Å². The molecular formula is C17H18F3N3O2. The number of ether oxygens (including phenoxy) is 1. The highest BCUT2D eigenvalue weighted by atomic mass is 19.4. The Morgan fingerprint density at radius 1 is 1.24 bits per heavy atom. The van der Waals surface area contributed by atoms with Gasteiger partial charge in [0, 0.05) is 16.9 Å². The Hall–Kier alpha value is -2.51. The van der Waals surface area contributed by atoms with Crippen LogP contribution in [0.1, 0.15) is 29.8 Å². The van der Waals surface area contributed by atoms with Crippen molar-refractivity contribution in [1.82, 2.24) is 9.78 Å². The molecule has 0 bridgehead atoms. The minimum absolute atomic E-state index is 0.232. The third-order valence-corrected chi connectivity index (χ3v) is 4.19. The molecule has 1 aliphatic rings. The molecule has 1 N–H and O–H groups in total. The van der Waals surface area contributed by atoms with Gasteiger partial charge in [0.25, 0.3) is 0 Å². The molecule has 25 heavy (non-hydrogen) atoms. The molecule has 0 atom stereocenters. The number of nitrogens with zero attached hydrogens (tertiary/aromatic N) is 2. The van der Waals surface area contributed by atoms with E-state index in [1.165, 1.54) is 11.8 Å². The summed E-state index contributed by atoms with van der Waals surface area (Å²) in [6.45, 7) is -0.246. The molecule has 8 heteroatoms. The maximum absolute atomic E-state index is 13.2. The number of nitrogens with one attached hydrogen (secondary N) is 1. The standard InChI is InChI=1S/C17H18F3N3O2/c1-25-12-8-6-11(7-9-12)21-15(24)10-23-14-5-3-2-4-13(14)16(22-23)17(18,19)20/h6-9H,2-5,10H2,1H3,(H,21,24). The van der Waals surface area contributed by atoms with Crippen molar-refractivity contribution in [3.05, 3.63) is 41.2 Å². The Balaban J connectivity index is 1.77. The molecule has 3 rings (SSSR count). The second-order valence-corrected chi connectivity index (χ2v) is 5.91. The van der Waals surface area contributed by atoms with Crippen LogP contribution in [-0.2, 0) is 30.4 Å². The highest BCUT2D eigenvalue weighted by molar-refractivity contribution is 5.90. The minimum Gasteiger partial charge on any atom is -0.497 e. The first kappa shape index (κ1) is 17.3. The number of fused-ring (bicyclic) bond motifs is 1. The molecule has 0 radical (unpaired) electrons. The average Bonchev–Trinajstić information content (AvgIpc) is 2.94. The van der Waals surface area contributed by atoms with Gasteiger partial charge in [0.15, 0.2) is 5.69 Å². The molecule has 2 aromatic rings. The van der Waals surface area contributed by atoms with Gasteiger partial charge in [0.2, 0.25) is 5.91 Å². The second-order valence-electron chi connectivity index (χ2n) is 5.91. The van der Waals surface area contributed by atoms with E-state index in [2.05, 4.69) is 10.4 Å². The number of methoxy groups -OCH3 is 1. The zero-order valence-electron chi connectivity index (χ0n) is 13.7. The summed E-state index contributed by atoms with van der Waals surface area (Å²) in [5, 5.41) is 6.34. The lowest BCUT2D eigenvalue weighted by molar-refractivity contribution is -0.142. The van der Waals surface area contributed by atoms with Gasteiger partial charge in [0.1, 0.15) is 12.3 Å². The van der Waals surface area contributed by atoms with Crippen molar-refractivity contribution >= 4 is 11.6 Å². The third-order valence-electron chi connectivity index (χ3n) is 4.19. The first-order valence-electron chi connectivity index (χ1n) is 7.98. The number of hydrogen-bond donors (Lipinski definition) is 1. The Labute approximate surface area is 142 Å². The van der Waals surface area contributed by atoms with Gasteiger partial charge in [-0.05, 0) is 49.9 Å². The Morgan fingerprint density at radius 2 is 1.92 bits per heavy atom. The fraction of sp³-hybridized carbons (Fsp3) is 0.412. The number of hydrogen-bond acceptors (Lipinski definition) is 3. The fourth-order valence-electron chi connectivity index (χ4n) is 3.04. The minimum atomic E-state index is -4.50. The number of benzene rings is 1. The number of anilines is 1. The summed E-state index contributed by atoms with van der Waals surface area (Å²) in [6, 6.07) is 6.70. The number of carbonyl (C=O) groups excluding carboxylic acids is 1. The Morgan fingerprint density at radius 3 is 2.56 bits per heavy atom. The van der Waals surface area contributed by atoms with Crippen molar-refractivity contribution in [3.63, 3.8) is 0 Å². The normalized spacial score (nSPS) is 14.1. The molecule has 0 unspecified atom stereocenters. The Bertz CT molecular complexity index is 767. The molecule has 1 aromatic carbocycles. The second kappa shape index (κ2) is 6.78. The predicted molar refractivity (Wildman–Crippen MR) is 85.5 cm³/mol. The van der Waals surface area contributed by atoms with Crippen LogP contribution in [0.25, 0.3) is 0 Å². The summed E-state index contributed by atoms with van der Waals surface area (Å²) in [7, 11) is 1.53. The average molecular weight is 353 g/mol. The lowest BCUT2D eigenvalue weighted by atomic mass is 9.95. The van der Waals surface area contributed by atoms with Gasteiger partial charge in [-0.2, -0.15) is 18.3 Å². The van der Waals surface area contributed by atoms with Crippen molar-refractivity contribution in [2.75, 3.05) is 12.4 Å². The first-order valence-corrected chi connectivity index (χ1v) is 7.98. The van der Waals surface area contributed by atoms with Gasteiger partial charge in [-0.3, -0.25) is 9.48 Å². The van der Waals surface area contributed by atoms with E-state index in [1.54, 1.807) is 24.3 Å². The van der Waals surface area contributed by atoms with E-state index in [1.807, 2.05) is 0 Å². The summed E-state index contributed by atoms with van der Waals surface area (Å²) in [5.41, 5.74) is 0.432. The van der Waals surface area contributed by atoms with E-state index in [0.717, 1.165) is 6.42 Å². The zero-order valence-corrected chi connectivity index (χ0v) is 13.7. The van der Waals surface area contributed by atoms with Crippen LogP contribution in [0, 0.1) is 0 Å². The van der Waals surface area contributed by atoms with Crippen LogP contribution in [0.4, 0.5) is 18.9 Å². The van der Waals surface area contributed by atoms with Gasteiger partial charge < -0.3 is 10.1 Å². The largest absolute Gasteiger partial charge is 0.497 e. The topological polar surface area (TPSA) is 56.1 Å². The summed E-state index contributed by atoms with van der Waals surface area (Å²) in [6.07, 6.45) is -2.13. The van der Waals surface area contributed by atoms with E-state index >= 15 is 0 Å². The van der Waals surface area contributed by atoms with E-state index in [9.17, 15) is 18.0 Å². The van der Waals surface area contributed by atoms with Crippen molar-refractivity contribution in [2.24, 2.45) is 0 Å². The molecule has 1 amide bonds. The van der Waals surface area contributed by atoms with Crippen LogP contribution >= 0.6 is 0 Å². The zero-order chi connectivity index (χ0) is 18.0. The molecule has 1 aromatic heterocycles. The van der Waals surface area contributed by atoms with Crippen LogP contribution < -0.4 is 10.1 Å². The van der Waals surface area contributed by atoms with Crippen molar-refractivity contribution in [1.29, 1.82) is 0 Å². The van der Waals surface area contributed by atoms with Crippen LogP contribution in [0.3, 0.4) is 0 Å². The molecule has 0 saturated heterocycles. The number of rotatable bonds is 4. The number of carbonyl (C=O) groups is 1. The third kappa shape index (κ3) is 3.78. The Kier molecular flexibility index (Phi) is 4.69. The van der Waals surface area contributed by atoms with Gasteiger partial charge >= 0.3 is 6.18 Å². The monoisotopic (exact) mass is 353 g/mol. The lowest BCUT2D eigenvalue weighted by Gasteiger charge is -2.14. The molecule has 5 nitrogen and oxygen atoms in total. The highest BCUT2D eigenvalue weighted by Gasteiger charge is 2.39. The number of halogens is 3. The highest BCUT2D eigenvalue weighted by Crippen LogP contribution is 2.35. The molecule has 134 valence electrons. The van der Waals surface area contributed by atoms with Gasteiger partial charge in [-0.25, -0.2) is 0 Å². The fourth-order valence-corrected chi connectivity index (χ4v) is 3.04. The maximum atomic E-state index is 13.2. The quantitative estimate of drug-likeness (QED) is 0.916.